The molecule has 7 heteroatoms. The number of carbonyl (C=O) groups excluding carboxylic acids is 3. The summed E-state index contributed by atoms with van der Waals surface area (Å²) >= 11 is 0. The Morgan fingerprint density at radius 2 is 2.03 bits per heavy atom. The third kappa shape index (κ3) is 2.13. The molecule has 5 aliphatic rings. The van der Waals surface area contributed by atoms with Gasteiger partial charge in [0, 0.05) is 24.9 Å². The summed E-state index contributed by atoms with van der Waals surface area (Å²) in [5.41, 5.74) is -1.90. The summed E-state index contributed by atoms with van der Waals surface area (Å²) < 4.78 is 22.6. The smallest absolute Gasteiger partial charge is 0.315 e. The standard InChI is InChI=1S/C22H30O7/c1-20-15(28-11-26-2)6-7-22(29-19(20)25)14-5-4-12-8-21(14,9-13(12)10-23)16(17(20)22)18(24)27-3/h10,12-17H,4-9,11H2,1-3H3/t12-,13+,14-,15+,16-,17-,20-,21-,22-/m1/s1. The highest BCUT2D eigenvalue weighted by molar-refractivity contribution is 5.86. The lowest BCUT2D eigenvalue weighted by Crippen LogP contribution is -2.54. The molecule has 1 aliphatic heterocycles. The summed E-state index contributed by atoms with van der Waals surface area (Å²) in [5.74, 6) is -0.890. The summed E-state index contributed by atoms with van der Waals surface area (Å²) in [6.07, 6.45) is 5.48. The van der Waals surface area contributed by atoms with Gasteiger partial charge in [-0.3, -0.25) is 9.59 Å². The molecule has 1 spiro atoms. The molecular formula is C22H30O7. The lowest BCUT2D eigenvalue weighted by molar-refractivity contribution is -0.171. The predicted octanol–water partition coefficient (Wildman–Crippen LogP) is 2.11. The van der Waals surface area contributed by atoms with Crippen LogP contribution in [0.15, 0.2) is 0 Å². The van der Waals surface area contributed by atoms with Gasteiger partial charge in [0.1, 0.15) is 18.7 Å². The van der Waals surface area contributed by atoms with Crippen molar-refractivity contribution in [1.82, 2.24) is 0 Å². The minimum Gasteiger partial charge on any atom is -0.469 e. The number of hydrogen-bond acceptors (Lipinski definition) is 7. The lowest BCUT2D eigenvalue weighted by Gasteiger charge is -2.45. The molecule has 9 atom stereocenters. The molecule has 160 valence electrons. The highest BCUT2D eigenvalue weighted by Gasteiger charge is 2.83. The Morgan fingerprint density at radius 1 is 1.24 bits per heavy atom. The van der Waals surface area contributed by atoms with Crippen LogP contribution in [0.25, 0.3) is 0 Å². The van der Waals surface area contributed by atoms with Gasteiger partial charge in [0.2, 0.25) is 0 Å². The summed E-state index contributed by atoms with van der Waals surface area (Å²) in [5, 5.41) is 0. The molecule has 0 N–H and O–H groups in total. The molecule has 0 amide bonds. The predicted molar refractivity (Wildman–Crippen MR) is 99.3 cm³/mol. The monoisotopic (exact) mass is 406 g/mol. The average molecular weight is 406 g/mol. The van der Waals surface area contributed by atoms with Crippen LogP contribution in [0.2, 0.25) is 0 Å². The van der Waals surface area contributed by atoms with Crippen molar-refractivity contribution in [1.29, 1.82) is 0 Å². The van der Waals surface area contributed by atoms with Gasteiger partial charge >= 0.3 is 11.9 Å². The molecule has 4 aliphatic carbocycles. The number of methoxy groups -OCH3 is 2. The van der Waals surface area contributed by atoms with E-state index in [-0.39, 0.29) is 48.0 Å². The quantitative estimate of drug-likeness (QED) is 0.392. The van der Waals surface area contributed by atoms with Crippen LogP contribution in [-0.4, -0.2) is 50.9 Å². The van der Waals surface area contributed by atoms with Crippen LogP contribution in [0.5, 0.6) is 0 Å². The van der Waals surface area contributed by atoms with Crippen molar-refractivity contribution in [3.63, 3.8) is 0 Å². The van der Waals surface area contributed by atoms with E-state index in [9.17, 15) is 14.4 Å². The van der Waals surface area contributed by atoms with Crippen molar-refractivity contribution in [2.45, 2.75) is 57.2 Å². The average Bonchev–Trinajstić information content (AvgIpc) is 3.20. The Bertz CT molecular complexity index is 751. The van der Waals surface area contributed by atoms with Gasteiger partial charge in [-0.25, -0.2) is 0 Å². The van der Waals surface area contributed by atoms with Crippen LogP contribution in [0.1, 0.15) is 45.4 Å². The number of ether oxygens (including phenoxy) is 4. The zero-order chi connectivity index (χ0) is 20.6. The lowest BCUT2D eigenvalue weighted by atomic mass is 9.59. The molecule has 0 aromatic rings. The first-order valence-electron chi connectivity index (χ1n) is 10.8. The SMILES string of the molecule is COCO[C@H]1CC[C@]23OC(=O)[C@@]1(C)[C@H]2[C@H](C(=O)OC)[C@@]12C[C@@H](CC[C@H]13)[C@H](C=O)C2. The Balaban J connectivity index is 1.65. The van der Waals surface area contributed by atoms with Gasteiger partial charge in [0.05, 0.1) is 24.5 Å². The highest BCUT2D eigenvalue weighted by Crippen LogP contribution is 2.78. The summed E-state index contributed by atoms with van der Waals surface area (Å²) in [7, 11) is 2.97. The molecule has 5 fully saturated rings. The fourth-order valence-electron chi connectivity index (χ4n) is 8.46. The van der Waals surface area contributed by atoms with Crippen LogP contribution >= 0.6 is 0 Å². The number of esters is 2. The van der Waals surface area contributed by atoms with E-state index in [1.807, 2.05) is 6.92 Å². The maximum Gasteiger partial charge on any atom is 0.315 e. The fraction of sp³-hybridized carbons (Fsp3) is 0.864. The van der Waals surface area contributed by atoms with E-state index in [0.717, 1.165) is 25.5 Å². The van der Waals surface area contributed by atoms with Gasteiger partial charge < -0.3 is 23.7 Å². The molecule has 0 aromatic carbocycles. The van der Waals surface area contributed by atoms with E-state index < -0.39 is 16.9 Å². The van der Waals surface area contributed by atoms with Gasteiger partial charge in [-0.15, -0.1) is 0 Å². The van der Waals surface area contributed by atoms with Crippen molar-refractivity contribution in [3.05, 3.63) is 0 Å². The maximum absolute atomic E-state index is 13.3. The molecule has 4 saturated carbocycles. The molecule has 1 heterocycles. The number of rotatable bonds is 5. The normalized spacial score (nSPS) is 51.9. The topological polar surface area (TPSA) is 88.1 Å². The molecule has 0 unspecified atom stereocenters. The molecule has 7 nitrogen and oxygen atoms in total. The number of fused-ring (bicyclic) bond motifs is 1. The summed E-state index contributed by atoms with van der Waals surface area (Å²) in [6.45, 7) is 1.99. The Hall–Kier alpha value is -1.47. The number of carbonyl (C=O) groups is 3. The maximum atomic E-state index is 13.3. The van der Waals surface area contributed by atoms with Crippen LogP contribution < -0.4 is 0 Å². The van der Waals surface area contributed by atoms with Gasteiger partial charge in [-0.05, 0) is 56.8 Å². The first kappa shape index (κ1) is 19.5. The second-order valence-corrected chi connectivity index (χ2v) is 10.0. The number of hydrogen-bond donors (Lipinski definition) is 0. The Labute approximate surface area is 170 Å². The Kier molecular flexibility index (Phi) is 4.21. The van der Waals surface area contributed by atoms with Gasteiger partial charge in [0.15, 0.2) is 0 Å². The van der Waals surface area contributed by atoms with Crippen molar-refractivity contribution in [2.75, 3.05) is 21.0 Å². The van der Waals surface area contributed by atoms with Crippen molar-refractivity contribution in [3.8, 4) is 0 Å². The molecular weight excluding hydrogens is 376 g/mol. The van der Waals surface area contributed by atoms with Crippen LogP contribution in [0, 0.1) is 40.4 Å². The van der Waals surface area contributed by atoms with Gasteiger partial charge in [0.25, 0.3) is 0 Å². The van der Waals surface area contributed by atoms with E-state index in [0.29, 0.717) is 25.2 Å². The minimum absolute atomic E-state index is 0.0220. The fourth-order valence-corrected chi connectivity index (χ4v) is 8.46. The minimum atomic E-state index is -0.920. The molecule has 29 heavy (non-hydrogen) atoms. The van der Waals surface area contributed by atoms with E-state index in [1.165, 1.54) is 7.11 Å². The first-order chi connectivity index (χ1) is 13.9. The van der Waals surface area contributed by atoms with E-state index in [1.54, 1.807) is 7.11 Å². The summed E-state index contributed by atoms with van der Waals surface area (Å²) in [6, 6.07) is 0. The van der Waals surface area contributed by atoms with Crippen molar-refractivity contribution < 1.29 is 33.3 Å². The third-order valence-electron chi connectivity index (χ3n) is 9.30. The van der Waals surface area contributed by atoms with Crippen LogP contribution in [-0.2, 0) is 33.3 Å². The number of aldehydes is 1. The van der Waals surface area contributed by atoms with Crippen LogP contribution in [0.4, 0.5) is 0 Å². The molecule has 5 rings (SSSR count). The van der Waals surface area contributed by atoms with Crippen LogP contribution in [0.3, 0.4) is 0 Å². The second kappa shape index (κ2) is 6.27. The second-order valence-electron chi connectivity index (χ2n) is 10.0. The summed E-state index contributed by atoms with van der Waals surface area (Å²) in [4.78, 5) is 38.3. The van der Waals surface area contributed by atoms with E-state index >= 15 is 0 Å². The molecule has 0 aromatic heterocycles. The van der Waals surface area contributed by atoms with Gasteiger partial charge in [-0.1, -0.05) is 0 Å². The Morgan fingerprint density at radius 3 is 2.72 bits per heavy atom. The van der Waals surface area contributed by atoms with Crippen molar-refractivity contribution >= 4 is 18.2 Å². The van der Waals surface area contributed by atoms with E-state index in [4.69, 9.17) is 18.9 Å². The zero-order valence-electron chi connectivity index (χ0n) is 17.3. The van der Waals surface area contributed by atoms with E-state index in [2.05, 4.69) is 0 Å². The molecule has 4 bridgehead atoms. The first-order valence-corrected chi connectivity index (χ1v) is 10.8. The van der Waals surface area contributed by atoms with Gasteiger partial charge in [-0.2, -0.15) is 0 Å². The largest absolute Gasteiger partial charge is 0.469 e. The molecule has 0 radical (unpaired) electrons. The highest BCUT2D eigenvalue weighted by atomic mass is 16.7. The van der Waals surface area contributed by atoms with Crippen molar-refractivity contribution in [2.24, 2.45) is 40.4 Å². The third-order valence-corrected chi connectivity index (χ3v) is 9.30. The zero-order valence-corrected chi connectivity index (χ0v) is 17.3. The molecule has 1 saturated heterocycles.